The summed E-state index contributed by atoms with van der Waals surface area (Å²) in [6.45, 7) is 2.42. The number of ether oxygens (including phenoxy) is 1. The van der Waals surface area contributed by atoms with Gasteiger partial charge in [-0.2, -0.15) is 0 Å². The number of carbonyl (C=O) groups excluding carboxylic acids is 2. The second kappa shape index (κ2) is 7.93. The molecule has 1 aliphatic heterocycles. The van der Waals surface area contributed by atoms with Crippen LogP contribution in [0, 0.1) is 0 Å². The number of benzene rings is 2. The van der Waals surface area contributed by atoms with E-state index in [0.29, 0.717) is 23.6 Å². The van der Waals surface area contributed by atoms with Gasteiger partial charge in [-0.25, -0.2) is 0 Å². The standard InChI is InChI=1S/C23H19NO4S/c1-2-28-17-12-10-15(11-13-17)21(25)19-20(18-9-6-14-29-18)24(23(27)22(19)26)16-7-4-3-5-8-16/h3-14,20,25H,2H2,1H3/b21-19-. The summed E-state index contributed by atoms with van der Waals surface area (Å²) >= 11 is 1.44. The van der Waals surface area contributed by atoms with Gasteiger partial charge >= 0.3 is 0 Å². The lowest BCUT2D eigenvalue weighted by Gasteiger charge is -2.24. The zero-order valence-corrected chi connectivity index (χ0v) is 16.6. The summed E-state index contributed by atoms with van der Waals surface area (Å²) in [5.41, 5.74) is 1.16. The van der Waals surface area contributed by atoms with Crippen LogP contribution >= 0.6 is 11.3 Å². The van der Waals surface area contributed by atoms with Crippen molar-refractivity contribution in [3.8, 4) is 5.75 Å². The van der Waals surface area contributed by atoms with Crippen molar-refractivity contribution in [2.24, 2.45) is 0 Å². The topological polar surface area (TPSA) is 66.8 Å². The van der Waals surface area contributed by atoms with E-state index in [0.717, 1.165) is 4.88 Å². The van der Waals surface area contributed by atoms with E-state index < -0.39 is 17.7 Å². The van der Waals surface area contributed by atoms with Gasteiger partial charge in [0, 0.05) is 16.1 Å². The number of para-hydroxylation sites is 1. The highest BCUT2D eigenvalue weighted by molar-refractivity contribution is 7.10. The van der Waals surface area contributed by atoms with E-state index in [2.05, 4.69) is 0 Å². The lowest BCUT2D eigenvalue weighted by molar-refractivity contribution is -0.132. The number of amides is 1. The molecule has 1 aromatic heterocycles. The van der Waals surface area contributed by atoms with Gasteiger partial charge in [-0.05, 0) is 54.8 Å². The van der Waals surface area contributed by atoms with Crippen LogP contribution in [0.25, 0.3) is 5.76 Å². The first kappa shape index (κ1) is 19.0. The van der Waals surface area contributed by atoms with E-state index in [9.17, 15) is 14.7 Å². The summed E-state index contributed by atoms with van der Waals surface area (Å²) in [6, 6.07) is 18.9. The largest absolute Gasteiger partial charge is 0.507 e. The predicted octanol–water partition coefficient (Wildman–Crippen LogP) is 4.77. The zero-order chi connectivity index (χ0) is 20.4. The number of nitrogens with zero attached hydrogens (tertiary/aromatic N) is 1. The van der Waals surface area contributed by atoms with Crippen LogP contribution in [0.1, 0.15) is 23.4 Å². The number of hydrogen-bond acceptors (Lipinski definition) is 5. The Morgan fingerprint density at radius 2 is 1.76 bits per heavy atom. The van der Waals surface area contributed by atoms with Gasteiger partial charge in [-0.3, -0.25) is 14.5 Å². The van der Waals surface area contributed by atoms with Crippen LogP contribution in [0.4, 0.5) is 5.69 Å². The first-order chi connectivity index (χ1) is 14.1. The van der Waals surface area contributed by atoms with Gasteiger partial charge in [-0.1, -0.05) is 24.3 Å². The van der Waals surface area contributed by atoms with Gasteiger partial charge in [0.2, 0.25) is 0 Å². The quantitative estimate of drug-likeness (QED) is 0.377. The van der Waals surface area contributed by atoms with E-state index >= 15 is 0 Å². The average Bonchev–Trinajstić information content (AvgIpc) is 3.36. The zero-order valence-electron chi connectivity index (χ0n) is 15.7. The molecular formula is C23H19NO4S. The molecule has 0 aliphatic carbocycles. The minimum Gasteiger partial charge on any atom is -0.507 e. The lowest BCUT2D eigenvalue weighted by Crippen LogP contribution is -2.29. The van der Waals surface area contributed by atoms with Crippen molar-refractivity contribution in [3.05, 3.63) is 88.1 Å². The molecule has 1 fully saturated rings. The normalized spacial score (nSPS) is 18.2. The molecule has 1 amide bonds. The third kappa shape index (κ3) is 3.43. The van der Waals surface area contributed by atoms with E-state index in [1.54, 1.807) is 36.4 Å². The molecule has 3 aromatic rings. The Balaban J connectivity index is 1.85. The third-order valence-corrected chi connectivity index (χ3v) is 5.65. The summed E-state index contributed by atoms with van der Waals surface area (Å²) in [5.74, 6) is -0.868. The molecule has 5 nitrogen and oxygen atoms in total. The summed E-state index contributed by atoms with van der Waals surface area (Å²) in [4.78, 5) is 28.1. The molecule has 0 bridgehead atoms. The van der Waals surface area contributed by atoms with E-state index in [1.165, 1.54) is 16.2 Å². The Morgan fingerprint density at radius 3 is 2.38 bits per heavy atom. The molecule has 0 radical (unpaired) electrons. The fourth-order valence-electron chi connectivity index (χ4n) is 3.43. The molecule has 1 aliphatic rings. The molecule has 1 N–H and O–H groups in total. The number of carbonyl (C=O) groups is 2. The number of anilines is 1. The molecule has 1 unspecified atom stereocenters. The summed E-state index contributed by atoms with van der Waals surface area (Å²) < 4.78 is 5.43. The van der Waals surface area contributed by atoms with Gasteiger partial charge in [0.1, 0.15) is 17.6 Å². The average molecular weight is 405 g/mol. The smallest absolute Gasteiger partial charge is 0.300 e. The van der Waals surface area contributed by atoms with Crippen molar-refractivity contribution in [3.63, 3.8) is 0 Å². The van der Waals surface area contributed by atoms with Gasteiger partial charge in [0.25, 0.3) is 11.7 Å². The van der Waals surface area contributed by atoms with Crippen molar-refractivity contribution < 1.29 is 19.4 Å². The monoisotopic (exact) mass is 405 g/mol. The second-order valence-electron chi connectivity index (χ2n) is 6.48. The third-order valence-electron chi connectivity index (χ3n) is 4.73. The molecule has 29 heavy (non-hydrogen) atoms. The van der Waals surface area contributed by atoms with Crippen molar-refractivity contribution >= 4 is 34.5 Å². The highest BCUT2D eigenvalue weighted by Crippen LogP contribution is 2.43. The number of Topliss-reactive ketones (excluding diaryl/α,β-unsaturated/α-hetero) is 1. The molecular weight excluding hydrogens is 386 g/mol. The molecule has 0 spiro atoms. The molecule has 2 aromatic carbocycles. The Morgan fingerprint density at radius 1 is 1.03 bits per heavy atom. The molecule has 6 heteroatoms. The van der Waals surface area contributed by atoms with Crippen LogP contribution in [-0.4, -0.2) is 23.4 Å². The predicted molar refractivity (Wildman–Crippen MR) is 113 cm³/mol. The van der Waals surface area contributed by atoms with E-state index in [-0.39, 0.29) is 11.3 Å². The maximum atomic E-state index is 12.9. The minimum absolute atomic E-state index is 0.0884. The van der Waals surface area contributed by atoms with Gasteiger partial charge < -0.3 is 9.84 Å². The fraction of sp³-hybridized carbons (Fsp3) is 0.130. The molecule has 2 heterocycles. The van der Waals surface area contributed by atoms with Crippen LogP contribution in [0.2, 0.25) is 0 Å². The Hall–Kier alpha value is -3.38. The highest BCUT2D eigenvalue weighted by atomic mass is 32.1. The maximum absolute atomic E-state index is 12.9. The number of hydrogen-bond donors (Lipinski definition) is 1. The number of aliphatic hydroxyl groups excluding tert-OH is 1. The van der Waals surface area contributed by atoms with Crippen LogP contribution in [0.3, 0.4) is 0 Å². The van der Waals surface area contributed by atoms with Crippen LogP contribution in [-0.2, 0) is 9.59 Å². The lowest BCUT2D eigenvalue weighted by atomic mass is 9.99. The Labute approximate surface area is 172 Å². The fourth-order valence-corrected chi connectivity index (χ4v) is 4.26. The second-order valence-corrected chi connectivity index (χ2v) is 7.46. The Bertz CT molecular complexity index is 1060. The summed E-state index contributed by atoms with van der Waals surface area (Å²) in [5, 5.41) is 12.9. The molecule has 146 valence electrons. The van der Waals surface area contributed by atoms with Gasteiger partial charge in [0.15, 0.2) is 0 Å². The maximum Gasteiger partial charge on any atom is 0.300 e. The van der Waals surface area contributed by atoms with Crippen molar-refractivity contribution in [1.82, 2.24) is 0 Å². The van der Waals surface area contributed by atoms with Gasteiger partial charge in [0.05, 0.1) is 12.2 Å². The highest BCUT2D eigenvalue weighted by Gasteiger charge is 2.47. The molecule has 0 saturated carbocycles. The van der Waals surface area contributed by atoms with E-state index in [1.807, 2.05) is 42.6 Å². The SMILES string of the molecule is CCOc1ccc(/C(O)=C2/C(=O)C(=O)N(c3ccccc3)C2c2cccs2)cc1. The van der Waals surface area contributed by atoms with Crippen molar-refractivity contribution in [2.45, 2.75) is 13.0 Å². The number of ketones is 1. The summed E-state index contributed by atoms with van der Waals surface area (Å²) in [6.07, 6.45) is 0. The van der Waals surface area contributed by atoms with Crippen molar-refractivity contribution in [1.29, 1.82) is 0 Å². The minimum atomic E-state index is -0.696. The molecule has 4 rings (SSSR count). The number of thiophene rings is 1. The van der Waals surface area contributed by atoms with Crippen molar-refractivity contribution in [2.75, 3.05) is 11.5 Å². The number of aliphatic hydroxyl groups is 1. The van der Waals surface area contributed by atoms with Crippen LogP contribution in [0.5, 0.6) is 5.75 Å². The van der Waals surface area contributed by atoms with E-state index in [4.69, 9.17) is 4.74 Å². The first-order valence-electron chi connectivity index (χ1n) is 9.24. The van der Waals surface area contributed by atoms with Gasteiger partial charge in [-0.15, -0.1) is 11.3 Å². The molecule has 1 atom stereocenters. The molecule has 1 saturated heterocycles. The van der Waals surface area contributed by atoms with Crippen LogP contribution in [0.15, 0.2) is 77.7 Å². The first-order valence-corrected chi connectivity index (χ1v) is 10.1. The summed E-state index contributed by atoms with van der Waals surface area (Å²) in [7, 11) is 0. The number of rotatable bonds is 5. The van der Waals surface area contributed by atoms with Crippen LogP contribution < -0.4 is 9.64 Å². The Kier molecular flexibility index (Phi) is 5.18.